The van der Waals surface area contributed by atoms with E-state index in [0.29, 0.717) is 11.2 Å². The van der Waals surface area contributed by atoms with Crippen molar-refractivity contribution >= 4 is 21.8 Å². The Morgan fingerprint density at radius 2 is 2.27 bits per heavy atom. The van der Waals surface area contributed by atoms with Crippen LogP contribution in [0.2, 0.25) is 0 Å². The quantitative estimate of drug-likeness (QED) is 0.858. The zero-order valence-corrected chi connectivity index (χ0v) is 9.79. The van der Waals surface area contributed by atoms with Crippen LogP contribution in [0.4, 0.5) is 0 Å². The van der Waals surface area contributed by atoms with E-state index in [1.54, 1.807) is 6.26 Å². The van der Waals surface area contributed by atoms with Crippen molar-refractivity contribution in [3.63, 3.8) is 0 Å². The Morgan fingerprint density at radius 1 is 1.53 bits per heavy atom. The Balaban J connectivity index is 1.80. The van der Waals surface area contributed by atoms with Gasteiger partial charge in [0.15, 0.2) is 4.67 Å². The highest BCUT2D eigenvalue weighted by atomic mass is 79.9. The van der Waals surface area contributed by atoms with Gasteiger partial charge in [-0.25, -0.2) is 0 Å². The zero-order valence-electron chi connectivity index (χ0n) is 8.20. The maximum Gasteiger partial charge on any atom is 0.224 e. The van der Waals surface area contributed by atoms with E-state index in [1.165, 1.54) is 0 Å². The van der Waals surface area contributed by atoms with E-state index in [9.17, 15) is 4.79 Å². The predicted molar refractivity (Wildman–Crippen MR) is 60.1 cm³/mol. The number of carbonyl (C=O) groups excluding carboxylic acids is 1. The number of furan rings is 1. The van der Waals surface area contributed by atoms with Crippen LogP contribution in [-0.2, 0) is 11.3 Å². The van der Waals surface area contributed by atoms with Crippen molar-refractivity contribution < 1.29 is 9.21 Å². The Hall–Kier alpha value is -1.03. The Kier molecular flexibility index (Phi) is 3.26. The molecule has 1 aromatic heterocycles. The van der Waals surface area contributed by atoms with Crippen molar-refractivity contribution in [1.82, 2.24) is 5.32 Å². The van der Waals surface area contributed by atoms with Crippen LogP contribution in [0.25, 0.3) is 0 Å². The summed E-state index contributed by atoms with van der Waals surface area (Å²) in [7, 11) is 0. The number of carbonyl (C=O) groups is 1. The summed E-state index contributed by atoms with van der Waals surface area (Å²) in [6, 6.07) is 1.85. The summed E-state index contributed by atoms with van der Waals surface area (Å²) in [5, 5.41) is 2.89. The number of nitrogens with one attached hydrogen (secondary N) is 1. The average Bonchev–Trinajstić information content (AvgIpc) is 2.84. The van der Waals surface area contributed by atoms with E-state index >= 15 is 0 Å². The molecule has 0 atom stereocenters. The van der Waals surface area contributed by atoms with Crippen molar-refractivity contribution in [2.45, 2.75) is 19.4 Å². The molecular formula is C11H12BrNO2. The minimum atomic E-state index is 0.123. The summed E-state index contributed by atoms with van der Waals surface area (Å²) < 4.78 is 5.76. The summed E-state index contributed by atoms with van der Waals surface area (Å²) in [4.78, 5) is 11.6. The van der Waals surface area contributed by atoms with E-state index in [-0.39, 0.29) is 11.8 Å². The molecule has 0 aromatic carbocycles. The lowest BCUT2D eigenvalue weighted by Gasteiger charge is -2.08. The standard InChI is InChI=1S/C11H12BrNO2/c12-10-5-8(7-15-10)6-13-11(14)9-3-1-2-4-9/h1-2,5,7,9H,3-4,6H2,(H,13,14). The fourth-order valence-corrected chi connectivity index (χ4v) is 1.99. The van der Waals surface area contributed by atoms with Crippen LogP contribution in [0, 0.1) is 5.92 Å². The first kappa shape index (κ1) is 10.5. The molecule has 0 radical (unpaired) electrons. The topological polar surface area (TPSA) is 42.2 Å². The summed E-state index contributed by atoms with van der Waals surface area (Å²) in [6.45, 7) is 0.532. The third-order valence-corrected chi connectivity index (χ3v) is 2.88. The molecule has 0 aliphatic heterocycles. The van der Waals surface area contributed by atoms with Gasteiger partial charge in [-0.3, -0.25) is 4.79 Å². The van der Waals surface area contributed by atoms with Gasteiger partial charge in [0.25, 0.3) is 0 Å². The van der Waals surface area contributed by atoms with E-state index in [2.05, 4.69) is 33.4 Å². The molecule has 0 saturated heterocycles. The van der Waals surface area contributed by atoms with Crippen LogP contribution in [-0.4, -0.2) is 5.91 Å². The molecule has 0 saturated carbocycles. The Labute approximate surface area is 96.7 Å². The van der Waals surface area contributed by atoms with Crippen LogP contribution in [0.15, 0.2) is 33.6 Å². The molecule has 2 rings (SSSR count). The maximum atomic E-state index is 11.6. The van der Waals surface area contributed by atoms with Gasteiger partial charge in [-0.05, 0) is 34.8 Å². The van der Waals surface area contributed by atoms with Crippen LogP contribution >= 0.6 is 15.9 Å². The van der Waals surface area contributed by atoms with Gasteiger partial charge in [0, 0.05) is 18.0 Å². The first-order valence-corrected chi connectivity index (χ1v) is 5.70. The van der Waals surface area contributed by atoms with Crippen LogP contribution < -0.4 is 5.32 Å². The summed E-state index contributed by atoms with van der Waals surface area (Å²) in [6.07, 6.45) is 7.47. The van der Waals surface area contributed by atoms with Crippen molar-refractivity contribution in [2.24, 2.45) is 5.92 Å². The second-order valence-corrected chi connectivity index (χ2v) is 4.40. The minimum Gasteiger partial charge on any atom is -0.457 e. The molecule has 15 heavy (non-hydrogen) atoms. The van der Waals surface area contributed by atoms with Crippen molar-refractivity contribution in [2.75, 3.05) is 0 Å². The number of amides is 1. The SMILES string of the molecule is O=C(NCc1coc(Br)c1)C1CC=CC1. The molecule has 1 aromatic rings. The van der Waals surface area contributed by atoms with Gasteiger partial charge in [-0.1, -0.05) is 12.2 Å². The second-order valence-electron chi connectivity index (χ2n) is 3.62. The van der Waals surface area contributed by atoms with Crippen LogP contribution in [0.1, 0.15) is 18.4 Å². The molecule has 0 fully saturated rings. The number of allylic oxidation sites excluding steroid dienone is 2. The molecule has 1 aliphatic carbocycles. The number of rotatable bonds is 3. The first-order chi connectivity index (χ1) is 7.25. The molecule has 0 bridgehead atoms. The highest BCUT2D eigenvalue weighted by Crippen LogP contribution is 2.18. The lowest BCUT2D eigenvalue weighted by molar-refractivity contribution is -0.124. The fourth-order valence-electron chi connectivity index (χ4n) is 1.60. The second kappa shape index (κ2) is 4.66. The van der Waals surface area contributed by atoms with Crippen molar-refractivity contribution in [3.8, 4) is 0 Å². The number of halogens is 1. The van der Waals surface area contributed by atoms with Crippen molar-refractivity contribution in [3.05, 3.63) is 34.7 Å². The molecule has 0 unspecified atom stereocenters. The van der Waals surface area contributed by atoms with Gasteiger partial charge in [0.05, 0.1) is 6.26 Å². The largest absolute Gasteiger partial charge is 0.457 e. The molecule has 1 heterocycles. The maximum absolute atomic E-state index is 11.6. The first-order valence-electron chi connectivity index (χ1n) is 4.91. The normalized spacial score (nSPS) is 15.8. The van der Waals surface area contributed by atoms with Gasteiger partial charge in [0.2, 0.25) is 5.91 Å². The molecule has 1 aliphatic rings. The van der Waals surface area contributed by atoms with E-state index < -0.39 is 0 Å². The Morgan fingerprint density at radius 3 is 2.87 bits per heavy atom. The third-order valence-electron chi connectivity index (χ3n) is 2.47. The molecule has 80 valence electrons. The summed E-state index contributed by atoms with van der Waals surface area (Å²) in [5.41, 5.74) is 0.973. The molecular weight excluding hydrogens is 258 g/mol. The summed E-state index contributed by atoms with van der Waals surface area (Å²) in [5.74, 6) is 0.248. The summed E-state index contributed by atoms with van der Waals surface area (Å²) >= 11 is 3.22. The van der Waals surface area contributed by atoms with Crippen LogP contribution in [0.5, 0.6) is 0 Å². The highest BCUT2D eigenvalue weighted by Gasteiger charge is 2.18. The van der Waals surface area contributed by atoms with E-state index in [1.807, 2.05) is 6.07 Å². The molecule has 1 N–H and O–H groups in total. The third kappa shape index (κ3) is 2.72. The van der Waals surface area contributed by atoms with Gasteiger partial charge in [-0.15, -0.1) is 0 Å². The van der Waals surface area contributed by atoms with E-state index in [0.717, 1.165) is 18.4 Å². The fraction of sp³-hybridized carbons (Fsp3) is 0.364. The van der Waals surface area contributed by atoms with E-state index in [4.69, 9.17) is 4.42 Å². The van der Waals surface area contributed by atoms with Gasteiger partial charge in [-0.2, -0.15) is 0 Å². The lowest BCUT2D eigenvalue weighted by atomic mass is 10.1. The molecule has 1 amide bonds. The average molecular weight is 270 g/mol. The van der Waals surface area contributed by atoms with Gasteiger partial charge >= 0.3 is 0 Å². The zero-order chi connectivity index (χ0) is 10.7. The highest BCUT2D eigenvalue weighted by molar-refractivity contribution is 9.10. The smallest absolute Gasteiger partial charge is 0.224 e. The number of hydrogen-bond acceptors (Lipinski definition) is 2. The monoisotopic (exact) mass is 269 g/mol. The van der Waals surface area contributed by atoms with Gasteiger partial charge < -0.3 is 9.73 Å². The van der Waals surface area contributed by atoms with Crippen molar-refractivity contribution in [1.29, 1.82) is 0 Å². The molecule has 4 heteroatoms. The molecule has 3 nitrogen and oxygen atoms in total. The van der Waals surface area contributed by atoms with Gasteiger partial charge in [0.1, 0.15) is 0 Å². The number of hydrogen-bond donors (Lipinski definition) is 1. The lowest BCUT2D eigenvalue weighted by Crippen LogP contribution is -2.28. The molecule has 0 spiro atoms. The van der Waals surface area contributed by atoms with Crippen LogP contribution in [0.3, 0.4) is 0 Å². The predicted octanol–water partition coefficient (Wildman–Crippen LogP) is 2.62. The minimum absolute atomic E-state index is 0.123. The Bertz CT molecular complexity index is 376.